The van der Waals surface area contributed by atoms with Gasteiger partial charge in [0.05, 0.1) is 0 Å². The number of anilines is 1. The SMILES string of the molecule is Cc1nnc(CN=C(NC2CCCC2)N2CCN(c3ccccn3)CC2)n1C.I. The number of rotatable bonds is 4. The lowest BCUT2D eigenvalue weighted by molar-refractivity contribution is 0.364. The van der Waals surface area contributed by atoms with Crippen molar-refractivity contribution in [1.29, 1.82) is 0 Å². The number of guanidine groups is 1. The van der Waals surface area contributed by atoms with E-state index in [1.165, 1.54) is 25.7 Å². The Bertz CT molecular complexity index is 792. The van der Waals surface area contributed by atoms with E-state index in [1.54, 1.807) is 0 Å². The van der Waals surface area contributed by atoms with Crippen LogP contribution in [0, 0.1) is 6.92 Å². The number of aryl methyl sites for hydroxylation is 1. The fraction of sp³-hybridized carbons (Fsp3) is 0.600. The molecule has 1 aliphatic carbocycles. The maximum Gasteiger partial charge on any atom is 0.194 e. The minimum absolute atomic E-state index is 0. The summed E-state index contributed by atoms with van der Waals surface area (Å²) in [7, 11) is 2.00. The Morgan fingerprint density at radius 3 is 2.52 bits per heavy atom. The Labute approximate surface area is 189 Å². The summed E-state index contributed by atoms with van der Waals surface area (Å²) in [6, 6.07) is 6.63. The van der Waals surface area contributed by atoms with Gasteiger partial charge in [-0.25, -0.2) is 9.98 Å². The van der Waals surface area contributed by atoms with Crippen LogP contribution in [-0.4, -0.2) is 62.8 Å². The molecule has 9 heteroatoms. The molecule has 0 amide bonds. The lowest BCUT2D eigenvalue weighted by atomic mass is 10.2. The van der Waals surface area contributed by atoms with Gasteiger partial charge in [-0.05, 0) is 31.9 Å². The smallest absolute Gasteiger partial charge is 0.194 e. The Morgan fingerprint density at radius 2 is 1.90 bits per heavy atom. The number of nitrogens with one attached hydrogen (secondary N) is 1. The van der Waals surface area contributed by atoms with E-state index in [4.69, 9.17) is 4.99 Å². The zero-order valence-corrected chi connectivity index (χ0v) is 19.6. The number of halogens is 1. The van der Waals surface area contributed by atoms with Gasteiger partial charge in [-0.3, -0.25) is 0 Å². The van der Waals surface area contributed by atoms with Gasteiger partial charge in [0, 0.05) is 45.5 Å². The molecule has 158 valence electrons. The Balaban J connectivity index is 0.00000240. The molecular formula is C20H31IN8. The van der Waals surface area contributed by atoms with Crippen LogP contribution in [0.3, 0.4) is 0 Å². The van der Waals surface area contributed by atoms with E-state index < -0.39 is 0 Å². The van der Waals surface area contributed by atoms with E-state index >= 15 is 0 Å². The van der Waals surface area contributed by atoms with Crippen LogP contribution < -0.4 is 10.2 Å². The number of nitrogens with zero attached hydrogens (tertiary/aromatic N) is 7. The maximum absolute atomic E-state index is 4.93. The summed E-state index contributed by atoms with van der Waals surface area (Å²) in [5.41, 5.74) is 0. The monoisotopic (exact) mass is 510 g/mol. The highest BCUT2D eigenvalue weighted by molar-refractivity contribution is 14.0. The van der Waals surface area contributed by atoms with Crippen molar-refractivity contribution in [2.24, 2.45) is 12.0 Å². The first-order valence-corrected chi connectivity index (χ1v) is 10.3. The molecule has 29 heavy (non-hydrogen) atoms. The van der Waals surface area contributed by atoms with Gasteiger partial charge in [0.15, 0.2) is 11.8 Å². The molecule has 1 N–H and O–H groups in total. The minimum atomic E-state index is 0. The minimum Gasteiger partial charge on any atom is -0.353 e. The van der Waals surface area contributed by atoms with Crippen LogP contribution >= 0.6 is 24.0 Å². The van der Waals surface area contributed by atoms with Crippen LogP contribution in [0.2, 0.25) is 0 Å². The van der Waals surface area contributed by atoms with Crippen LogP contribution in [0.15, 0.2) is 29.4 Å². The third-order valence-corrected chi connectivity index (χ3v) is 5.79. The molecule has 0 atom stereocenters. The molecule has 4 rings (SSSR count). The molecule has 3 heterocycles. The molecule has 8 nitrogen and oxygen atoms in total. The lowest BCUT2D eigenvalue weighted by Gasteiger charge is -2.37. The van der Waals surface area contributed by atoms with Crippen molar-refractivity contribution >= 4 is 35.8 Å². The summed E-state index contributed by atoms with van der Waals surface area (Å²) in [6.45, 7) is 6.29. The summed E-state index contributed by atoms with van der Waals surface area (Å²) < 4.78 is 2.01. The third kappa shape index (κ3) is 5.37. The Hall–Kier alpha value is -1.91. The number of aromatic nitrogens is 4. The van der Waals surface area contributed by atoms with Crippen LogP contribution in [0.4, 0.5) is 5.82 Å². The summed E-state index contributed by atoms with van der Waals surface area (Å²) in [5, 5.41) is 12.1. The van der Waals surface area contributed by atoms with Crippen molar-refractivity contribution in [2.75, 3.05) is 31.1 Å². The van der Waals surface area contributed by atoms with E-state index in [9.17, 15) is 0 Å². The van der Waals surface area contributed by atoms with E-state index in [1.807, 2.05) is 36.9 Å². The number of hydrogen-bond acceptors (Lipinski definition) is 5. The average molecular weight is 510 g/mol. The molecule has 2 aromatic rings. The lowest BCUT2D eigenvalue weighted by Crippen LogP contribution is -2.54. The highest BCUT2D eigenvalue weighted by Gasteiger charge is 2.24. The molecular weight excluding hydrogens is 479 g/mol. The van der Waals surface area contributed by atoms with Crippen LogP contribution in [0.1, 0.15) is 37.3 Å². The topological polar surface area (TPSA) is 74.5 Å². The molecule has 0 radical (unpaired) electrons. The van der Waals surface area contributed by atoms with E-state index in [2.05, 4.69) is 36.4 Å². The van der Waals surface area contributed by atoms with Gasteiger partial charge in [-0.1, -0.05) is 18.9 Å². The molecule has 2 aliphatic rings. The molecule has 0 spiro atoms. The first-order chi connectivity index (χ1) is 13.7. The number of piperazine rings is 1. The van der Waals surface area contributed by atoms with Gasteiger partial charge in [-0.15, -0.1) is 34.2 Å². The van der Waals surface area contributed by atoms with Gasteiger partial charge in [-0.2, -0.15) is 0 Å². The maximum atomic E-state index is 4.93. The van der Waals surface area contributed by atoms with Gasteiger partial charge in [0.1, 0.15) is 18.2 Å². The first kappa shape index (κ1) is 21.8. The van der Waals surface area contributed by atoms with Gasteiger partial charge >= 0.3 is 0 Å². The molecule has 1 aliphatic heterocycles. The normalized spacial score (nSPS) is 18.1. The second-order valence-corrected chi connectivity index (χ2v) is 7.65. The standard InChI is InChI=1S/C20H30N8.HI/c1-16-24-25-19(26(16)2)15-22-20(23-17-7-3-4-8-17)28-13-11-27(12-14-28)18-9-5-6-10-21-18;/h5-6,9-10,17H,3-4,7-8,11-15H2,1-2H3,(H,22,23);1H. The fourth-order valence-electron chi connectivity index (χ4n) is 3.91. The summed E-state index contributed by atoms with van der Waals surface area (Å²) in [5.74, 6) is 3.88. The van der Waals surface area contributed by atoms with Gasteiger partial charge in [0.25, 0.3) is 0 Å². The Morgan fingerprint density at radius 1 is 1.14 bits per heavy atom. The molecule has 2 fully saturated rings. The van der Waals surface area contributed by atoms with Crippen molar-refractivity contribution < 1.29 is 0 Å². The zero-order valence-electron chi connectivity index (χ0n) is 17.3. The second-order valence-electron chi connectivity index (χ2n) is 7.65. The van der Waals surface area contributed by atoms with E-state index in [0.29, 0.717) is 12.6 Å². The van der Waals surface area contributed by atoms with Crippen molar-refractivity contribution in [1.82, 2.24) is 30.0 Å². The van der Waals surface area contributed by atoms with E-state index in [0.717, 1.165) is 49.6 Å². The zero-order chi connectivity index (χ0) is 19.3. The molecule has 0 bridgehead atoms. The van der Waals surface area contributed by atoms with Gasteiger partial charge < -0.3 is 19.7 Å². The third-order valence-electron chi connectivity index (χ3n) is 5.79. The van der Waals surface area contributed by atoms with Crippen molar-refractivity contribution in [3.63, 3.8) is 0 Å². The number of aliphatic imine (C=N–C) groups is 1. The fourth-order valence-corrected chi connectivity index (χ4v) is 3.91. The first-order valence-electron chi connectivity index (χ1n) is 10.3. The van der Waals surface area contributed by atoms with Crippen LogP contribution in [-0.2, 0) is 13.6 Å². The molecule has 1 saturated heterocycles. The van der Waals surface area contributed by atoms with Crippen molar-refractivity contribution in [2.45, 2.75) is 45.2 Å². The van der Waals surface area contributed by atoms with E-state index in [-0.39, 0.29) is 24.0 Å². The number of pyridine rings is 1. The predicted octanol–water partition coefficient (Wildman–Crippen LogP) is 2.35. The quantitative estimate of drug-likeness (QED) is 0.387. The highest BCUT2D eigenvalue weighted by atomic mass is 127. The van der Waals surface area contributed by atoms with Gasteiger partial charge in [0.2, 0.25) is 0 Å². The van der Waals surface area contributed by atoms with Crippen LogP contribution in [0.5, 0.6) is 0 Å². The second kappa shape index (κ2) is 10.2. The van der Waals surface area contributed by atoms with Crippen LogP contribution in [0.25, 0.3) is 0 Å². The average Bonchev–Trinajstić information content (AvgIpc) is 3.37. The summed E-state index contributed by atoms with van der Waals surface area (Å²) in [4.78, 5) is 14.1. The summed E-state index contributed by atoms with van der Waals surface area (Å²) >= 11 is 0. The molecule has 2 aromatic heterocycles. The van der Waals surface area contributed by atoms with Crippen molar-refractivity contribution in [3.8, 4) is 0 Å². The molecule has 0 unspecified atom stereocenters. The largest absolute Gasteiger partial charge is 0.353 e. The molecule has 0 aromatic carbocycles. The number of hydrogen-bond donors (Lipinski definition) is 1. The predicted molar refractivity (Wildman–Crippen MR) is 126 cm³/mol. The Kier molecular flexibility index (Phi) is 7.68. The van der Waals surface area contributed by atoms with Crippen molar-refractivity contribution in [3.05, 3.63) is 36.0 Å². The highest BCUT2D eigenvalue weighted by Crippen LogP contribution is 2.19. The summed E-state index contributed by atoms with van der Waals surface area (Å²) in [6.07, 6.45) is 6.94. The molecule has 1 saturated carbocycles.